The van der Waals surface area contributed by atoms with Crippen LogP contribution in [0.5, 0.6) is 0 Å². The first kappa shape index (κ1) is 13.8. The van der Waals surface area contributed by atoms with Gasteiger partial charge in [-0.3, -0.25) is 0 Å². The molecule has 0 unspecified atom stereocenters. The van der Waals surface area contributed by atoms with Crippen molar-refractivity contribution in [3.05, 3.63) is 0 Å². The first-order valence-electron chi connectivity index (χ1n) is 5.63. The summed E-state index contributed by atoms with van der Waals surface area (Å²) in [6, 6.07) is -0.531. The molecule has 1 heterocycles. The fourth-order valence-corrected chi connectivity index (χ4v) is 1.63. The molecular weight excluding hydrogens is 226 g/mol. The second kappa shape index (κ2) is 5.35. The molecule has 1 aliphatic heterocycles. The number of carbonyl (C=O) groups excluding carboxylic acids is 1. The molecule has 0 radical (unpaired) electrons. The van der Waals surface area contributed by atoms with Crippen molar-refractivity contribution in [3.63, 3.8) is 0 Å². The van der Waals surface area contributed by atoms with E-state index in [1.54, 1.807) is 20.8 Å². The Morgan fingerprint density at radius 3 is 2.59 bits per heavy atom. The fourth-order valence-electron chi connectivity index (χ4n) is 1.63. The minimum atomic E-state index is -1.06. The van der Waals surface area contributed by atoms with Crippen LogP contribution in [0, 0.1) is 0 Å². The number of ether oxygens (including phenoxy) is 2. The molecule has 0 aromatic heterocycles. The normalized spacial score (nSPS) is 25.1. The molecule has 0 aromatic carbocycles. The van der Waals surface area contributed by atoms with Gasteiger partial charge < -0.3 is 19.9 Å². The van der Waals surface area contributed by atoms with Crippen LogP contribution in [0.2, 0.25) is 0 Å². The predicted molar refractivity (Wildman–Crippen MR) is 59.8 cm³/mol. The Labute approximate surface area is 100 Å². The number of aliphatic carboxylic acids is 1. The number of amides is 1. The van der Waals surface area contributed by atoms with Crippen molar-refractivity contribution in [1.82, 2.24) is 5.32 Å². The van der Waals surface area contributed by atoms with Gasteiger partial charge in [-0.25, -0.2) is 9.59 Å². The van der Waals surface area contributed by atoms with E-state index in [4.69, 9.17) is 14.6 Å². The molecule has 1 saturated heterocycles. The molecule has 0 aromatic rings. The van der Waals surface area contributed by atoms with Crippen LogP contribution in [0.3, 0.4) is 0 Å². The van der Waals surface area contributed by atoms with Gasteiger partial charge in [0.2, 0.25) is 0 Å². The monoisotopic (exact) mass is 245 g/mol. The Bertz CT molecular complexity index is 297. The Hall–Kier alpha value is -1.30. The van der Waals surface area contributed by atoms with Crippen LogP contribution in [-0.4, -0.2) is 41.5 Å². The van der Waals surface area contributed by atoms with E-state index >= 15 is 0 Å². The number of nitrogens with one attached hydrogen (secondary N) is 1. The molecular formula is C11H19NO5. The first-order valence-corrected chi connectivity index (χ1v) is 5.63. The van der Waals surface area contributed by atoms with Crippen LogP contribution in [0.25, 0.3) is 0 Å². The number of alkyl carbamates (subject to hydrolysis) is 1. The van der Waals surface area contributed by atoms with E-state index in [0.29, 0.717) is 13.0 Å². The lowest BCUT2D eigenvalue weighted by Gasteiger charge is -2.30. The van der Waals surface area contributed by atoms with Gasteiger partial charge in [0.15, 0.2) is 6.10 Å². The van der Waals surface area contributed by atoms with Gasteiger partial charge in [0, 0.05) is 6.61 Å². The number of carbonyl (C=O) groups is 2. The van der Waals surface area contributed by atoms with E-state index < -0.39 is 29.8 Å². The third-order valence-electron chi connectivity index (χ3n) is 2.27. The summed E-state index contributed by atoms with van der Waals surface area (Å²) in [6.07, 6.45) is -0.295. The van der Waals surface area contributed by atoms with Crippen molar-refractivity contribution in [2.24, 2.45) is 0 Å². The minimum Gasteiger partial charge on any atom is -0.479 e. The standard InChI is InChI=1S/C11H19NO5/c1-11(2,3)17-10(15)12-7-5-4-6-16-8(7)9(13)14/h7-8H,4-6H2,1-3H3,(H,12,15)(H,13,14)/t7-,8-/m0/s1. The summed E-state index contributed by atoms with van der Waals surface area (Å²) in [5.41, 5.74) is -0.599. The molecule has 1 aliphatic rings. The quantitative estimate of drug-likeness (QED) is 0.762. The zero-order valence-corrected chi connectivity index (χ0v) is 10.4. The van der Waals surface area contributed by atoms with Gasteiger partial charge in [-0.15, -0.1) is 0 Å². The largest absolute Gasteiger partial charge is 0.479 e. The summed E-state index contributed by atoms with van der Waals surface area (Å²) in [5, 5.41) is 11.5. The lowest BCUT2D eigenvalue weighted by molar-refractivity contribution is -0.155. The highest BCUT2D eigenvalue weighted by Crippen LogP contribution is 2.15. The maximum atomic E-state index is 11.5. The lowest BCUT2D eigenvalue weighted by atomic mass is 10.0. The highest BCUT2D eigenvalue weighted by Gasteiger charge is 2.34. The average Bonchev–Trinajstić information content (AvgIpc) is 2.14. The molecule has 6 heteroatoms. The van der Waals surface area contributed by atoms with Crippen molar-refractivity contribution in [3.8, 4) is 0 Å². The van der Waals surface area contributed by atoms with Crippen LogP contribution >= 0.6 is 0 Å². The number of rotatable bonds is 2. The Kier molecular flexibility index (Phi) is 4.34. The molecule has 2 atom stereocenters. The predicted octanol–water partition coefficient (Wildman–Crippen LogP) is 1.14. The van der Waals surface area contributed by atoms with E-state index in [0.717, 1.165) is 6.42 Å². The Morgan fingerprint density at radius 1 is 1.41 bits per heavy atom. The molecule has 98 valence electrons. The van der Waals surface area contributed by atoms with Crippen LogP contribution in [0.1, 0.15) is 33.6 Å². The topological polar surface area (TPSA) is 84.9 Å². The summed E-state index contributed by atoms with van der Waals surface area (Å²) in [7, 11) is 0. The molecule has 0 aliphatic carbocycles. The highest BCUT2D eigenvalue weighted by molar-refractivity contribution is 5.75. The smallest absolute Gasteiger partial charge is 0.407 e. The molecule has 17 heavy (non-hydrogen) atoms. The van der Waals surface area contributed by atoms with Gasteiger partial charge in [0.25, 0.3) is 0 Å². The molecule has 2 N–H and O–H groups in total. The third kappa shape index (κ3) is 4.60. The summed E-state index contributed by atoms with van der Waals surface area (Å²) in [6.45, 7) is 5.65. The van der Waals surface area contributed by atoms with E-state index in [-0.39, 0.29) is 0 Å². The third-order valence-corrected chi connectivity index (χ3v) is 2.27. The van der Waals surface area contributed by atoms with Crippen LogP contribution in [0.4, 0.5) is 4.79 Å². The lowest BCUT2D eigenvalue weighted by Crippen LogP contribution is -2.51. The molecule has 1 rings (SSSR count). The van der Waals surface area contributed by atoms with E-state index in [1.165, 1.54) is 0 Å². The van der Waals surface area contributed by atoms with Gasteiger partial charge in [-0.05, 0) is 33.6 Å². The molecule has 1 fully saturated rings. The van der Waals surface area contributed by atoms with Crippen LogP contribution in [-0.2, 0) is 14.3 Å². The average molecular weight is 245 g/mol. The van der Waals surface area contributed by atoms with Gasteiger partial charge in [-0.2, -0.15) is 0 Å². The molecule has 0 bridgehead atoms. The van der Waals surface area contributed by atoms with E-state index in [9.17, 15) is 9.59 Å². The van der Waals surface area contributed by atoms with Crippen molar-refractivity contribution in [1.29, 1.82) is 0 Å². The Balaban J connectivity index is 2.53. The fraction of sp³-hybridized carbons (Fsp3) is 0.818. The van der Waals surface area contributed by atoms with Crippen molar-refractivity contribution in [2.75, 3.05) is 6.61 Å². The summed E-state index contributed by atoms with van der Waals surface area (Å²) in [4.78, 5) is 22.4. The molecule has 0 saturated carbocycles. The van der Waals surface area contributed by atoms with Crippen LogP contribution in [0.15, 0.2) is 0 Å². The maximum Gasteiger partial charge on any atom is 0.407 e. The van der Waals surface area contributed by atoms with Gasteiger partial charge in [0.05, 0.1) is 6.04 Å². The minimum absolute atomic E-state index is 0.406. The highest BCUT2D eigenvalue weighted by atomic mass is 16.6. The number of hydrogen-bond donors (Lipinski definition) is 2. The zero-order chi connectivity index (χ0) is 13.1. The molecule has 0 spiro atoms. The van der Waals surface area contributed by atoms with Crippen molar-refractivity contribution < 1.29 is 24.2 Å². The molecule has 6 nitrogen and oxygen atoms in total. The second-order valence-corrected chi connectivity index (χ2v) is 5.02. The zero-order valence-electron chi connectivity index (χ0n) is 10.4. The molecule has 1 amide bonds. The summed E-state index contributed by atoms with van der Waals surface area (Å²) in [5.74, 6) is -1.06. The Morgan fingerprint density at radius 2 is 2.06 bits per heavy atom. The van der Waals surface area contributed by atoms with Crippen molar-refractivity contribution in [2.45, 2.75) is 51.4 Å². The van der Waals surface area contributed by atoms with Gasteiger partial charge in [0.1, 0.15) is 5.60 Å². The van der Waals surface area contributed by atoms with Crippen LogP contribution < -0.4 is 5.32 Å². The summed E-state index contributed by atoms with van der Waals surface area (Å²) >= 11 is 0. The maximum absolute atomic E-state index is 11.5. The number of carboxylic acids is 1. The first-order chi connectivity index (χ1) is 7.79. The van der Waals surface area contributed by atoms with Gasteiger partial charge >= 0.3 is 12.1 Å². The van der Waals surface area contributed by atoms with Crippen molar-refractivity contribution >= 4 is 12.1 Å². The van der Waals surface area contributed by atoms with E-state index in [2.05, 4.69) is 5.32 Å². The number of hydrogen-bond acceptors (Lipinski definition) is 4. The SMILES string of the molecule is CC(C)(C)OC(=O)N[C@H]1CCCO[C@@H]1C(=O)O. The van der Waals surface area contributed by atoms with Gasteiger partial charge in [-0.1, -0.05) is 0 Å². The number of carboxylic acid groups (broad SMARTS) is 1. The van der Waals surface area contributed by atoms with E-state index in [1.807, 2.05) is 0 Å². The summed E-state index contributed by atoms with van der Waals surface area (Å²) < 4.78 is 10.2. The second-order valence-electron chi connectivity index (χ2n) is 5.02.